The number of fused-ring (bicyclic) bond motifs is 1. The Hall–Kier alpha value is -3.47. The van der Waals surface area contributed by atoms with Crippen LogP contribution in [-0.2, 0) is 17.5 Å². The van der Waals surface area contributed by atoms with Crippen LogP contribution in [0.4, 0.5) is 23.2 Å². The Labute approximate surface area is 191 Å². The maximum absolute atomic E-state index is 14.7. The van der Waals surface area contributed by atoms with Crippen molar-refractivity contribution in [1.82, 2.24) is 14.9 Å². The van der Waals surface area contributed by atoms with Gasteiger partial charge in [-0.05, 0) is 49.7 Å². The molecule has 1 fully saturated rings. The lowest BCUT2D eigenvalue weighted by Crippen LogP contribution is -2.44. The summed E-state index contributed by atoms with van der Waals surface area (Å²) in [7, 11) is 0. The van der Waals surface area contributed by atoms with Crippen LogP contribution in [0, 0.1) is 12.7 Å². The number of amides is 1. The second kappa shape index (κ2) is 9.05. The summed E-state index contributed by atoms with van der Waals surface area (Å²) in [4.78, 5) is 32.8. The molecule has 2 aromatic carbocycles. The molecule has 1 aromatic heterocycles. The number of carbonyl (C=O) groups is 1. The third-order valence-electron chi connectivity index (χ3n) is 5.57. The van der Waals surface area contributed by atoms with Crippen molar-refractivity contribution in [3.05, 3.63) is 69.0 Å². The first-order valence-corrected chi connectivity index (χ1v) is 10.6. The molecule has 1 atom stereocenters. The van der Waals surface area contributed by atoms with Gasteiger partial charge < -0.3 is 19.9 Å². The molecular weight excluding hydrogens is 456 g/mol. The molecule has 0 saturated carbocycles. The topological polar surface area (TPSA) is 87.3 Å². The summed E-state index contributed by atoms with van der Waals surface area (Å²) in [6.07, 6.45) is -4.83. The molecule has 1 unspecified atom stereocenters. The number of ether oxygens (including phenoxy) is 1. The van der Waals surface area contributed by atoms with E-state index >= 15 is 0 Å². The molecule has 7 nitrogen and oxygen atoms in total. The molecule has 1 aliphatic heterocycles. The van der Waals surface area contributed by atoms with Gasteiger partial charge in [-0.3, -0.25) is 9.59 Å². The van der Waals surface area contributed by atoms with E-state index in [1.54, 1.807) is 4.90 Å². The average molecular weight is 478 g/mol. The van der Waals surface area contributed by atoms with E-state index in [2.05, 4.69) is 15.3 Å². The molecule has 34 heavy (non-hydrogen) atoms. The van der Waals surface area contributed by atoms with Crippen LogP contribution in [0.1, 0.15) is 34.2 Å². The molecule has 180 valence electrons. The molecule has 0 spiro atoms. The van der Waals surface area contributed by atoms with E-state index in [0.29, 0.717) is 19.7 Å². The molecule has 0 bridgehead atoms. The number of nitrogens with one attached hydrogen (secondary N) is 2. The van der Waals surface area contributed by atoms with Gasteiger partial charge in [0.05, 0.1) is 34.9 Å². The minimum absolute atomic E-state index is 0.00319. The number of aryl methyl sites for hydroxylation is 1. The van der Waals surface area contributed by atoms with Gasteiger partial charge in [-0.1, -0.05) is 0 Å². The van der Waals surface area contributed by atoms with Crippen molar-refractivity contribution in [2.45, 2.75) is 32.7 Å². The Balaban J connectivity index is 1.59. The van der Waals surface area contributed by atoms with Gasteiger partial charge in [-0.15, -0.1) is 0 Å². The van der Waals surface area contributed by atoms with Crippen molar-refractivity contribution in [1.29, 1.82) is 0 Å². The molecule has 4 rings (SSSR count). The minimum atomic E-state index is -4.70. The molecule has 1 saturated heterocycles. The number of alkyl halides is 3. The van der Waals surface area contributed by atoms with Crippen LogP contribution in [-0.4, -0.2) is 46.6 Å². The van der Waals surface area contributed by atoms with E-state index < -0.39 is 29.7 Å². The predicted molar refractivity (Wildman–Crippen MR) is 117 cm³/mol. The quantitative estimate of drug-likeness (QED) is 0.556. The van der Waals surface area contributed by atoms with Gasteiger partial charge in [0.25, 0.3) is 11.5 Å². The summed E-state index contributed by atoms with van der Waals surface area (Å²) in [5.41, 5.74) is -1.80. The van der Waals surface area contributed by atoms with Crippen LogP contribution < -0.4 is 10.9 Å². The second-order valence-electron chi connectivity index (χ2n) is 8.16. The van der Waals surface area contributed by atoms with Gasteiger partial charge >= 0.3 is 6.18 Å². The Morgan fingerprint density at radius 3 is 2.74 bits per heavy atom. The SMILES string of the molecule is Cc1nc2cc(C(F)(F)F)c(CNc3ccc(C(=O)N4CCOC(C)C4)cc3F)cc2c(=O)[nH]1. The summed E-state index contributed by atoms with van der Waals surface area (Å²) in [5, 5.41) is 2.63. The zero-order valence-electron chi connectivity index (χ0n) is 18.4. The number of carbonyl (C=O) groups excluding carboxylic acids is 1. The molecule has 0 aliphatic carbocycles. The van der Waals surface area contributed by atoms with Gasteiger partial charge in [0.2, 0.25) is 0 Å². The van der Waals surface area contributed by atoms with Crippen LogP contribution in [0.15, 0.2) is 35.1 Å². The zero-order chi connectivity index (χ0) is 24.6. The molecule has 1 amide bonds. The second-order valence-corrected chi connectivity index (χ2v) is 8.16. The van der Waals surface area contributed by atoms with Crippen molar-refractivity contribution < 1.29 is 27.1 Å². The lowest BCUT2D eigenvalue weighted by molar-refractivity contribution is -0.138. The van der Waals surface area contributed by atoms with Crippen LogP contribution in [0.25, 0.3) is 10.9 Å². The highest BCUT2D eigenvalue weighted by molar-refractivity contribution is 5.94. The van der Waals surface area contributed by atoms with Crippen LogP contribution >= 0.6 is 0 Å². The molecule has 2 N–H and O–H groups in total. The Morgan fingerprint density at radius 1 is 1.29 bits per heavy atom. The van der Waals surface area contributed by atoms with E-state index in [1.165, 1.54) is 19.1 Å². The van der Waals surface area contributed by atoms with Crippen molar-refractivity contribution in [2.24, 2.45) is 0 Å². The number of hydrogen-bond donors (Lipinski definition) is 2. The molecule has 3 aromatic rings. The Bertz CT molecular complexity index is 1310. The monoisotopic (exact) mass is 478 g/mol. The third-order valence-corrected chi connectivity index (χ3v) is 5.57. The Kier molecular flexibility index (Phi) is 6.30. The van der Waals surface area contributed by atoms with Crippen LogP contribution in [0.5, 0.6) is 0 Å². The first kappa shape index (κ1) is 23.7. The number of benzene rings is 2. The summed E-state index contributed by atoms with van der Waals surface area (Å²) in [6.45, 7) is 4.07. The largest absolute Gasteiger partial charge is 0.416 e. The number of aromatic nitrogens is 2. The first-order valence-electron chi connectivity index (χ1n) is 10.6. The smallest absolute Gasteiger partial charge is 0.379 e. The number of H-pyrrole nitrogens is 1. The van der Waals surface area contributed by atoms with Crippen molar-refractivity contribution in [2.75, 3.05) is 25.0 Å². The lowest BCUT2D eigenvalue weighted by Gasteiger charge is -2.31. The van der Waals surface area contributed by atoms with E-state index in [0.717, 1.165) is 18.2 Å². The summed E-state index contributed by atoms with van der Waals surface area (Å²) < 4.78 is 61.1. The van der Waals surface area contributed by atoms with Gasteiger partial charge in [0, 0.05) is 25.2 Å². The van der Waals surface area contributed by atoms with Crippen molar-refractivity contribution >= 4 is 22.5 Å². The highest BCUT2D eigenvalue weighted by Crippen LogP contribution is 2.34. The van der Waals surface area contributed by atoms with Gasteiger partial charge in [-0.2, -0.15) is 13.2 Å². The highest BCUT2D eigenvalue weighted by atomic mass is 19.4. The first-order chi connectivity index (χ1) is 16.0. The van der Waals surface area contributed by atoms with Crippen molar-refractivity contribution in [3.8, 4) is 0 Å². The zero-order valence-corrected chi connectivity index (χ0v) is 18.4. The standard InChI is InChI=1S/C23H22F4N4O3/c1-12-11-31(5-6-34-12)22(33)14-3-4-19(18(24)8-14)28-10-15-7-16-20(9-17(15)23(25,26)27)29-13(2)30-21(16)32/h3-4,7-9,12,28H,5-6,10-11H2,1-2H3,(H,29,30,32). The summed E-state index contributed by atoms with van der Waals surface area (Å²) in [6, 6.07) is 5.68. The van der Waals surface area contributed by atoms with E-state index in [1.807, 2.05) is 6.92 Å². The van der Waals surface area contributed by atoms with Gasteiger partial charge in [0.15, 0.2) is 0 Å². The van der Waals surface area contributed by atoms with E-state index in [4.69, 9.17) is 4.74 Å². The highest BCUT2D eigenvalue weighted by Gasteiger charge is 2.34. The average Bonchev–Trinajstić information content (AvgIpc) is 2.76. The fourth-order valence-corrected chi connectivity index (χ4v) is 3.93. The number of nitrogens with zero attached hydrogens (tertiary/aromatic N) is 2. The van der Waals surface area contributed by atoms with Crippen molar-refractivity contribution in [3.63, 3.8) is 0 Å². The normalized spacial score (nSPS) is 16.6. The summed E-state index contributed by atoms with van der Waals surface area (Å²) >= 11 is 0. The maximum atomic E-state index is 14.7. The third kappa shape index (κ3) is 4.89. The molecule has 0 radical (unpaired) electrons. The van der Waals surface area contributed by atoms with E-state index in [9.17, 15) is 27.2 Å². The maximum Gasteiger partial charge on any atom is 0.416 e. The Morgan fingerprint density at radius 2 is 2.06 bits per heavy atom. The number of halogens is 4. The fourth-order valence-electron chi connectivity index (χ4n) is 3.93. The van der Waals surface area contributed by atoms with Gasteiger partial charge in [-0.25, -0.2) is 9.37 Å². The molecule has 11 heteroatoms. The van der Waals surface area contributed by atoms with Crippen LogP contribution in [0.2, 0.25) is 0 Å². The molecule has 2 heterocycles. The number of anilines is 1. The van der Waals surface area contributed by atoms with E-state index in [-0.39, 0.29) is 45.6 Å². The molecular formula is C23H22F4N4O3. The molecule has 1 aliphatic rings. The summed E-state index contributed by atoms with van der Waals surface area (Å²) in [5.74, 6) is -0.937. The number of hydrogen-bond acceptors (Lipinski definition) is 5. The lowest BCUT2D eigenvalue weighted by atomic mass is 10.0. The fraction of sp³-hybridized carbons (Fsp3) is 0.348. The number of rotatable bonds is 4. The number of morpholine rings is 1. The predicted octanol–water partition coefficient (Wildman–Crippen LogP) is 3.86. The number of aromatic amines is 1. The minimum Gasteiger partial charge on any atom is -0.379 e. The van der Waals surface area contributed by atoms with Gasteiger partial charge in [0.1, 0.15) is 11.6 Å². The van der Waals surface area contributed by atoms with Crippen LogP contribution in [0.3, 0.4) is 0 Å².